The molecular formula is C12H16ClIN6O. The van der Waals surface area contributed by atoms with Crippen LogP contribution in [0.2, 0.25) is 5.02 Å². The van der Waals surface area contributed by atoms with Gasteiger partial charge < -0.3 is 20.4 Å². The van der Waals surface area contributed by atoms with Crippen LogP contribution in [0.25, 0.3) is 0 Å². The zero-order valence-corrected chi connectivity index (χ0v) is 14.7. The zero-order chi connectivity index (χ0) is 14.5. The molecular weight excluding hydrogens is 407 g/mol. The second-order valence-electron chi connectivity index (χ2n) is 4.03. The number of rotatable bonds is 4. The van der Waals surface area contributed by atoms with Gasteiger partial charge in [0.15, 0.2) is 11.8 Å². The Balaban J connectivity index is 0.00000220. The molecule has 21 heavy (non-hydrogen) atoms. The summed E-state index contributed by atoms with van der Waals surface area (Å²) < 4.78 is 6.85. The lowest BCUT2D eigenvalue weighted by molar-refractivity contribution is 0.415. The smallest absolute Gasteiger partial charge is 0.193 e. The SMILES string of the molecule is COc1ccc(NC(N)=NCc2nncn2C)cc1Cl.I. The van der Waals surface area contributed by atoms with E-state index in [1.54, 1.807) is 36.2 Å². The van der Waals surface area contributed by atoms with Gasteiger partial charge in [-0.15, -0.1) is 34.2 Å². The Morgan fingerprint density at radius 1 is 1.52 bits per heavy atom. The van der Waals surface area contributed by atoms with Crippen LogP contribution in [0.4, 0.5) is 5.69 Å². The first kappa shape index (κ1) is 17.5. The second kappa shape index (κ2) is 8.03. The molecule has 0 spiro atoms. The van der Waals surface area contributed by atoms with E-state index in [-0.39, 0.29) is 29.9 Å². The molecule has 9 heteroatoms. The summed E-state index contributed by atoms with van der Waals surface area (Å²) in [4.78, 5) is 4.18. The van der Waals surface area contributed by atoms with E-state index >= 15 is 0 Å². The van der Waals surface area contributed by atoms with E-state index in [4.69, 9.17) is 22.1 Å². The maximum Gasteiger partial charge on any atom is 0.193 e. The minimum Gasteiger partial charge on any atom is -0.495 e. The number of aryl methyl sites for hydroxylation is 1. The molecule has 0 bridgehead atoms. The van der Waals surface area contributed by atoms with Gasteiger partial charge in [0, 0.05) is 12.7 Å². The Labute approximate surface area is 144 Å². The van der Waals surface area contributed by atoms with E-state index in [0.29, 0.717) is 17.3 Å². The van der Waals surface area contributed by atoms with E-state index in [1.807, 2.05) is 7.05 Å². The number of nitrogens with one attached hydrogen (secondary N) is 1. The Morgan fingerprint density at radius 3 is 2.86 bits per heavy atom. The highest BCUT2D eigenvalue weighted by molar-refractivity contribution is 14.0. The third kappa shape index (κ3) is 4.74. The average Bonchev–Trinajstić information content (AvgIpc) is 2.82. The number of anilines is 1. The molecule has 0 atom stereocenters. The number of nitrogens with two attached hydrogens (primary N) is 1. The summed E-state index contributed by atoms with van der Waals surface area (Å²) in [6, 6.07) is 5.27. The minimum absolute atomic E-state index is 0. The molecule has 3 N–H and O–H groups in total. The summed E-state index contributed by atoms with van der Waals surface area (Å²) in [6.45, 7) is 0.346. The predicted octanol–water partition coefficient (Wildman–Crippen LogP) is 2.02. The van der Waals surface area contributed by atoms with Gasteiger partial charge >= 0.3 is 0 Å². The summed E-state index contributed by atoms with van der Waals surface area (Å²) >= 11 is 6.02. The number of ether oxygens (including phenoxy) is 1. The number of aliphatic imine (C=N–C) groups is 1. The molecule has 0 saturated heterocycles. The quantitative estimate of drug-likeness (QED) is 0.447. The molecule has 1 heterocycles. The molecule has 7 nitrogen and oxygen atoms in total. The van der Waals surface area contributed by atoms with Crippen molar-refractivity contribution in [3.05, 3.63) is 35.4 Å². The Bertz CT molecular complexity index is 630. The molecule has 0 fully saturated rings. The third-order valence-corrected chi connectivity index (χ3v) is 2.92. The number of methoxy groups -OCH3 is 1. The lowest BCUT2D eigenvalue weighted by atomic mass is 10.3. The molecule has 0 aliphatic heterocycles. The first-order valence-electron chi connectivity index (χ1n) is 5.83. The summed E-state index contributed by atoms with van der Waals surface area (Å²) in [5.74, 6) is 1.60. The Kier molecular flexibility index (Phi) is 6.69. The number of hydrogen-bond donors (Lipinski definition) is 2. The number of guanidine groups is 1. The van der Waals surface area contributed by atoms with Crippen molar-refractivity contribution < 1.29 is 4.74 Å². The molecule has 0 radical (unpaired) electrons. The van der Waals surface area contributed by atoms with Gasteiger partial charge in [0.05, 0.1) is 12.1 Å². The molecule has 1 aromatic carbocycles. The summed E-state index contributed by atoms with van der Waals surface area (Å²) in [5.41, 5.74) is 6.53. The van der Waals surface area contributed by atoms with Crippen molar-refractivity contribution in [1.82, 2.24) is 14.8 Å². The normalized spacial score (nSPS) is 10.9. The number of hydrogen-bond acceptors (Lipinski definition) is 4. The number of aromatic nitrogens is 3. The van der Waals surface area contributed by atoms with Crippen molar-refractivity contribution in [3.63, 3.8) is 0 Å². The highest BCUT2D eigenvalue weighted by Crippen LogP contribution is 2.26. The first-order chi connectivity index (χ1) is 9.60. The molecule has 0 amide bonds. The zero-order valence-electron chi connectivity index (χ0n) is 11.6. The maximum absolute atomic E-state index is 6.02. The van der Waals surface area contributed by atoms with Gasteiger partial charge in [-0.25, -0.2) is 4.99 Å². The molecule has 0 unspecified atom stereocenters. The van der Waals surface area contributed by atoms with Crippen LogP contribution in [-0.2, 0) is 13.6 Å². The fourth-order valence-corrected chi connectivity index (χ4v) is 1.80. The third-order valence-electron chi connectivity index (χ3n) is 2.62. The van der Waals surface area contributed by atoms with Crippen molar-refractivity contribution in [2.45, 2.75) is 6.54 Å². The lowest BCUT2D eigenvalue weighted by Crippen LogP contribution is -2.22. The molecule has 2 rings (SSSR count). The highest BCUT2D eigenvalue weighted by atomic mass is 127. The standard InChI is InChI=1S/C12H15ClN6O.HI/c1-19-7-16-18-11(19)6-15-12(14)17-8-3-4-10(20-2)9(13)5-8;/h3-5,7H,6H2,1-2H3,(H3,14,15,17);1H. The molecule has 0 saturated carbocycles. The number of nitrogens with zero attached hydrogens (tertiary/aromatic N) is 4. The molecule has 1 aromatic heterocycles. The van der Waals surface area contributed by atoms with Crippen molar-refractivity contribution >= 4 is 47.2 Å². The van der Waals surface area contributed by atoms with Crippen LogP contribution in [0, 0.1) is 0 Å². The molecule has 0 aliphatic rings. The summed E-state index contributed by atoms with van der Waals surface area (Å²) in [5, 5.41) is 11.1. The van der Waals surface area contributed by atoms with Gasteiger partial charge in [0.2, 0.25) is 0 Å². The van der Waals surface area contributed by atoms with Crippen LogP contribution in [-0.4, -0.2) is 27.8 Å². The largest absolute Gasteiger partial charge is 0.495 e. The van der Waals surface area contributed by atoms with Gasteiger partial charge in [-0.05, 0) is 18.2 Å². The van der Waals surface area contributed by atoms with Crippen LogP contribution < -0.4 is 15.8 Å². The van der Waals surface area contributed by atoms with Crippen LogP contribution in [0.1, 0.15) is 5.82 Å². The van der Waals surface area contributed by atoms with Gasteiger partial charge in [0.1, 0.15) is 18.6 Å². The van der Waals surface area contributed by atoms with Crippen molar-refractivity contribution in [2.75, 3.05) is 12.4 Å². The monoisotopic (exact) mass is 422 g/mol. The second-order valence-corrected chi connectivity index (χ2v) is 4.44. The molecule has 2 aromatic rings. The summed E-state index contributed by atoms with van der Waals surface area (Å²) in [7, 11) is 3.41. The molecule has 0 aliphatic carbocycles. The fraction of sp³-hybridized carbons (Fsp3) is 0.250. The van der Waals surface area contributed by atoms with Gasteiger partial charge in [0.25, 0.3) is 0 Å². The number of halogens is 2. The Morgan fingerprint density at radius 2 is 2.29 bits per heavy atom. The lowest BCUT2D eigenvalue weighted by Gasteiger charge is -2.08. The maximum atomic E-state index is 6.02. The topological polar surface area (TPSA) is 90.3 Å². The van der Waals surface area contributed by atoms with E-state index < -0.39 is 0 Å². The Hall–Kier alpha value is -1.55. The van der Waals surface area contributed by atoms with E-state index in [0.717, 1.165) is 11.5 Å². The minimum atomic E-state index is 0. The highest BCUT2D eigenvalue weighted by Gasteiger charge is 2.03. The van der Waals surface area contributed by atoms with Crippen LogP contribution in [0.15, 0.2) is 29.5 Å². The fourth-order valence-electron chi connectivity index (χ4n) is 1.54. The van der Waals surface area contributed by atoms with Gasteiger partial charge in [-0.1, -0.05) is 11.6 Å². The van der Waals surface area contributed by atoms with Crippen LogP contribution in [0.3, 0.4) is 0 Å². The van der Waals surface area contributed by atoms with Gasteiger partial charge in [-0.2, -0.15) is 0 Å². The summed E-state index contributed by atoms with van der Waals surface area (Å²) in [6.07, 6.45) is 1.61. The van der Waals surface area contributed by atoms with Crippen LogP contribution in [0.5, 0.6) is 5.75 Å². The van der Waals surface area contributed by atoms with Gasteiger partial charge in [-0.3, -0.25) is 0 Å². The average molecular weight is 423 g/mol. The van der Waals surface area contributed by atoms with Crippen molar-refractivity contribution in [3.8, 4) is 5.75 Å². The van der Waals surface area contributed by atoms with E-state index in [2.05, 4.69) is 20.5 Å². The predicted molar refractivity (Wildman–Crippen MR) is 93.4 cm³/mol. The van der Waals surface area contributed by atoms with E-state index in [9.17, 15) is 0 Å². The van der Waals surface area contributed by atoms with Crippen molar-refractivity contribution in [2.24, 2.45) is 17.8 Å². The van der Waals surface area contributed by atoms with E-state index in [1.165, 1.54) is 0 Å². The molecule has 114 valence electrons. The van der Waals surface area contributed by atoms with Crippen LogP contribution >= 0.6 is 35.6 Å². The number of benzene rings is 1. The van der Waals surface area contributed by atoms with Crippen molar-refractivity contribution in [1.29, 1.82) is 0 Å². The first-order valence-corrected chi connectivity index (χ1v) is 6.21.